The van der Waals surface area contributed by atoms with Gasteiger partial charge in [0.15, 0.2) is 12.4 Å². The molecule has 2 amide bonds. The van der Waals surface area contributed by atoms with Gasteiger partial charge >= 0.3 is 5.97 Å². The molecule has 11 nitrogen and oxygen atoms in total. The monoisotopic (exact) mass is 493 g/mol. The molecule has 0 aliphatic carbocycles. The van der Waals surface area contributed by atoms with Gasteiger partial charge in [0.05, 0.1) is 18.9 Å². The largest absolute Gasteiger partial charge is 0.495 e. The van der Waals surface area contributed by atoms with Crippen molar-refractivity contribution in [2.24, 2.45) is 0 Å². The first-order valence-electron chi connectivity index (χ1n) is 10.6. The first-order chi connectivity index (χ1) is 16.1. The zero-order valence-corrected chi connectivity index (χ0v) is 20.0. The summed E-state index contributed by atoms with van der Waals surface area (Å²) >= 11 is 0. The predicted octanol–water partition coefficient (Wildman–Crippen LogP) is 1.12. The molecule has 1 aliphatic rings. The van der Waals surface area contributed by atoms with Crippen LogP contribution in [0.3, 0.4) is 0 Å². The number of rotatable bonds is 8. The van der Waals surface area contributed by atoms with Gasteiger partial charge in [-0.15, -0.1) is 0 Å². The van der Waals surface area contributed by atoms with Crippen LogP contribution in [0, 0.1) is 0 Å². The molecular formula is C22H27N3O8S. The normalized spacial score (nSPS) is 14.2. The van der Waals surface area contributed by atoms with Gasteiger partial charge < -0.3 is 23.7 Å². The van der Waals surface area contributed by atoms with E-state index < -0.39 is 28.5 Å². The number of benzene rings is 1. The summed E-state index contributed by atoms with van der Waals surface area (Å²) in [5.41, 5.74) is -0.0356. The molecule has 1 aromatic carbocycles. The van der Waals surface area contributed by atoms with Gasteiger partial charge in [0.25, 0.3) is 11.8 Å². The predicted molar refractivity (Wildman–Crippen MR) is 120 cm³/mol. The van der Waals surface area contributed by atoms with E-state index in [-0.39, 0.29) is 47.0 Å². The Morgan fingerprint density at radius 1 is 1.09 bits per heavy atom. The van der Waals surface area contributed by atoms with Crippen molar-refractivity contribution >= 4 is 27.8 Å². The number of ether oxygens (including phenoxy) is 2. The average Bonchev–Trinajstić information content (AvgIpc) is 3.35. The Morgan fingerprint density at radius 3 is 2.35 bits per heavy atom. The van der Waals surface area contributed by atoms with Crippen LogP contribution >= 0.6 is 0 Å². The lowest BCUT2D eigenvalue weighted by Gasteiger charge is -2.34. The first-order valence-corrected chi connectivity index (χ1v) is 12.1. The quantitative estimate of drug-likeness (QED) is 0.541. The minimum absolute atomic E-state index is 0.0356. The molecular weight excluding hydrogens is 466 g/mol. The lowest BCUT2D eigenvalue weighted by Crippen LogP contribution is -2.51. The molecule has 0 bridgehead atoms. The molecule has 34 heavy (non-hydrogen) atoms. The van der Waals surface area contributed by atoms with E-state index in [0.29, 0.717) is 13.1 Å². The van der Waals surface area contributed by atoms with Crippen LogP contribution in [0.4, 0.5) is 0 Å². The summed E-state index contributed by atoms with van der Waals surface area (Å²) in [5.74, 6) is -1.20. The number of carbonyl (C=O) groups is 3. The molecule has 1 N–H and O–H groups in total. The second kappa shape index (κ2) is 10.7. The van der Waals surface area contributed by atoms with Gasteiger partial charge in [-0.05, 0) is 44.2 Å². The lowest BCUT2D eigenvalue weighted by molar-refractivity contribution is -0.136. The topological polar surface area (TPSA) is 135 Å². The number of methoxy groups -OCH3 is 1. The lowest BCUT2D eigenvalue weighted by atomic mass is 10.2. The molecule has 2 heterocycles. The number of sulfonamides is 1. The molecule has 0 atom stereocenters. The zero-order valence-electron chi connectivity index (χ0n) is 19.1. The van der Waals surface area contributed by atoms with Gasteiger partial charge in [-0.2, -0.15) is 0 Å². The van der Waals surface area contributed by atoms with Gasteiger partial charge in [-0.25, -0.2) is 17.9 Å². The number of nitrogens with one attached hydrogen (secondary N) is 1. The molecule has 12 heteroatoms. The smallest absolute Gasteiger partial charge is 0.338 e. The molecule has 1 saturated heterocycles. The minimum Gasteiger partial charge on any atom is -0.495 e. The molecule has 184 valence electrons. The molecule has 0 unspecified atom stereocenters. The van der Waals surface area contributed by atoms with Gasteiger partial charge in [-0.3, -0.25) is 9.59 Å². The fourth-order valence-corrected chi connectivity index (χ4v) is 4.85. The third-order valence-electron chi connectivity index (χ3n) is 5.06. The average molecular weight is 494 g/mol. The fraction of sp³-hybridized carbons (Fsp3) is 0.409. The van der Waals surface area contributed by atoms with Crippen LogP contribution in [0.5, 0.6) is 5.75 Å². The summed E-state index contributed by atoms with van der Waals surface area (Å²) in [5, 5.41) is 0. The number of carbonyl (C=O) groups excluding carboxylic acids is 3. The van der Waals surface area contributed by atoms with Crippen LogP contribution in [0.1, 0.15) is 34.8 Å². The van der Waals surface area contributed by atoms with Crippen molar-refractivity contribution in [2.75, 3.05) is 39.9 Å². The number of amides is 2. The van der Waals surface area contributed by atoms with Crippen molar-refractivity contribution in [1.29, 1.82) is 0 Å². The Labute approximate surface area is 197 Å². The van der Waals surface area contributed by atoms with Crippen LogP contribution in [-0.2, 0) is 19.6 Å². The van der Waals surface area contributed by atoms with Crippen molar-refractivity contribution in [2.45, 2.75) is 24.8 Å². The Kier molecular flexibility index (Phi) is 7.94. The summed E-state index contributed by atoms with van der Waals surface area (Å²) in [4.78, 5) is 40.2. The third kappa shape index (κ3) is 5.94. The second-order valence-electron chi connectivity index (χ2n) is 7.87. The Morgan fingerprint density at radius 2 is 1.76 bits per heavy atom. The van der Waals surface area contributed by atoms with Crippen molar-refractivity contribution < 1.29 is 36.7 Å². The fourth-order valence-electron chi connectivity index (χ4n) is 3.40. The van der Waals surface area contributed by atoms with E-state index in [2.05, 4.69) is 4.72 Å². The summed E-state index contributed by atoms with van der Waals surface area (Å²) in [6, 6.07) is 6.70. The zero-order chi connectivity index (χ0) is 24.9. The van der Waals surface area contributed by atoms with Crippen molar-refractivity contribution in [3.63, 3.8) is 0 Å². The molecule has 0 saturated carbocycles. The van der Waals surface area contributed by atoms with Crippen LogP contribution < -0.4 is 9.46 Å². The summed E-state index contributed by atoms with van der Waals surface area (Å²) in [6.07, 6.45) is 1.42. The molecule has 1 aromatic heterocycles. The summed E-state index contributed by atoms with van der Waals surface area (Å²) in [6.45, 7) is 4.04. The highest BCUT2D eigenvalue weighted by Gasteiger charge is 2.27. The van der Waals surface area contributed by atoms with E-state index >= 15 is 0 Å². The number of piperazine rings is 1. The van der Waals surface area contributed by atoms with Gasteiger partial charge in [0, 0.05) is 32.2 Å². The number of nitrogens with zero attached hydrogens (tertiary/aromatic N) is 2. The summed E-state index contributed by atoms with van der Waals surface area (Å²) in [7, 11) is -2.61. The van der Waals surface area contributed by atoms with Crippen molar-refractivity contribution in [3.05, 3.63) is 47.9 Å². The maximum absolute atomic E-state index is 12.6. The highest BCUT2D eigenvalue weighted by Crippen LogP contribution is 2.25. The molecule has 1 aliphatic heterocycles. The van der Waals surface area contributed by atoms with E-state index in [1.807, 2.05) is 0 Å². The SMILES string of the molecule is COc1ccc(C(=O)OCC(=O)N2CCN(C(=O)c3ccco3)CC2)cc1S(=O)(=O)NC(C)C. The Bertz CT molecular complexity index is 1140. The Balaban J connectivity index is 1.58. The van der Waals surface area contributed by atoms with Gasteiger partial charge in [0.2, 0.25) is 10.0 Å². The molecule has 2 aromatic rings. The molecule has 0 spiro atoms. The second-order valence-corrected chi connectivity index (χ2v) is 9.55. The maximum atomic E-state index is 12.6. The molecule has 3 rings (SSSR count). The standard InChI is InChI=1S/C22H27N3O8S/c1-15(2)23-34(29,30)19-13-16(6-7-17(19)31-3)22(28)33-14-20(26)24-8-10-25(11-9-24)21(27)18-5-4-12-32-18/h4-7,12-13,15,23H,8-11,14H2,1-3H3. The van der Waals surface area contributed by atoms with Crippen LogP contribution in [-0.4, -0.2) is 81.9 Å². The van der Waals surface area contributed by atoms with Crippen LogP contribution in [0.2, 0.25) is 0 Å². The Hall–Kier alpha value is -3.38. The van der Waals surface area contributed by atoms with E-state index in [1.165, 1.54) is 30.4 Å². The number of hydrogen-bond acceptors (Lipinski definition) is 8. The van der Waals surface area contributed by atoms with E-state index in [1.54, 1.807) is 30.9 Å². The van der Waals surface area contributed by atoms with E-state index in [0.717, 1.165) is 6.07 Å². The highest BCUT2D eigenvalue weighted by atomic mass is 32.2. The molecule has 1 fully saturated rings. The van der Waals surface area contributed by atoms with E-state index in [9.17, 15) is 22.8 Å². The van der Waals surface area contributed by atoms with E-state index in [4.69, 9.17) is 13.9 Å². The highest BCUT2D eigenvalue weighted by molar-refractivity contribution is 7.89. The van der Waals surface area contributed by atoms with Crippen LogP contribution in [0.15, 0.2) is 45.9 Å². The third-order valence-corrected chi connectivity index (χ3v) is 6.74. The van der Waals surface area contributed by atoms with Crippen molar-refractivity contribution in [3.8, 4) is 5.75 Å². The number of furan rings is 1. The first kappa shape index (κ1) is 25.2. The number of esters is 1. The summed E-state index contributed by atoms with van der Waals surface area (Å²) < 4.78 is 42.9. The van der Waals surface area contributed by atoms with Crippen LogP contribution in [0.25, 0.3) is 0 Å². The van der Waals surface area contributed by atoms with Gasteiger partial charge in [0.1, 0.15) is 10.6 Å². The van der Waals surface area contributed by atoms with Crippen molar-refractivity contribution in [1.82, 2.24) is 14.5 Å². The molecule has 0 radical (unpaired) electrons. The number of hydrogen-bond donors (Lipinski definition) is 1. The van der Waals surface area contributed by atoms with Gasteiger partial charge in [-0.1, -0.05) is 0 Å². The maximum Gasteiger partial charge on any atom is 0.338 e. The minimum atomic E-state index is -3.93.